The van der Waals surface area contributed by atoms with Crippen LogP contribution >= 0.6 is 0 Å². The topological polar surface area (TPSA) is 138 Å². The van der Waals surface area contributed by atoms with Crippen molar-refractivity contribution in [1.82, 2.24) is 24.8 Å². The summed E-state index contributed by atoms with van der Waals surface area (Å²) in [5, 5.41) is 27.5. The third kappa shape index (κ3) is 3.61. The first-order chi connectivity index (χ1) is 16.9. The number of carbonyl (C=O) groups excluding carboxylic acids is 2. The van der Waals surface area contributed by atoms with Crippen LogP contribution < -0.4 is 0 Å². The minimum atomic E-state index is -1.18. The Kier molecular flexibility index (Phi) is 6.06. The first-order valence-corrected chi connectivity index (χ1v) is 11.9. The highest BCUT2D eigenvalue weighted by molar-refractivity contribution is 5.98. The van der Waals surface area contributed by atoms with Crippen LogP contribution in [0, 0.1) is 11.8 Å². The SMILES string of the molecule is C=CCN(Cn1nnc2ccccc21)C(=O)C1N(CCCCO)C(=O)[C@@H]2[C@H](C(=O)O)[C@@H]3CCC12O3. The molecule has 11 heteroatoms. The quantitative estimate of drug-likeness (QED) is 0.371. The smallest absolute Gasteiger partial charge is 0.310 e. The number of nitrogens with zero attached hydrogens (tertiary/aromatic N) is 5. The molecule has 1 spiro atoms. The normalized spacial score (nSPS) is 29.1. The molecule has 1 aromatic heterocycles. The average molecular weight is 484 g/mol. The number of aliphatic carboxylic acids is 1. The number of carbonyl (C=O) groups is 3. The van der Waals surface area contributed by atoms with Gasteiger partial charge in [-0.05, 0) is 37.8 Å². The monoisotopic (exact) mass is 483 g/mol. The van der Waals surface area contributed by atoms with Crippen molar-refractivity contribution in [3.63, 3.8) is 0 Å². The standard InChI is InChI=1S/C24H29N5O6/c1-2-11-27(14-29-16-8-4-3-7-15(16)25-26-29)22(32)20-24-10-9-17(35-24)18(23(33)34)19(24)21(31)28(20)12-5-6-13-30/h2-4,7-8,17-20,30H,1,5-6,9-14H2,(H,33,34)/t17-,18+,19-,20?,24?/m0/s1. The number of para-hydroxylation sites is 1. The zero-order chi connectivity index (χ0) is 24.7. The largest absolute Gasteiger partial charge is 0.481 e. The maximum absolute atomic E-state index is 14.1. The van der Waals surface area contributed by atoms with E-state index >= 15 is 0 Å². The van der Waals surface area contributed by atoms with Crippen LogP contribution in [0.15, 0.2) is 36.9 Å². The third-order valence-electron chi connectivity index (χ3n) is 7.51. The number of fused-ring (bicyclic) bond motifs is 2. The molecule has 3 aliphatic rings. The van der Waals surface area contributed by atoms with Gasteiger partial charge in [0.25, 0.3) is 0 Å². The molecular formula is C24H29N5O6. The van der Waals surface area contributed by atoms with Crippen molar-refractivity contribution in [3.05, 3.63) is 36.9 Å². The number of unbranched alkanes of at least 4 members (excludes halogenated alkanes) is 1. The first kappa shape index (κ1) is 23.4. The van der Waals surface area contributed by atoms with Crippen molar-refractivity contribution in [1.29, 1.82) is 0 Å². The molecule has 3 saturated heterocycles. The molecule has 1 aromatic carbocycles. The molecule has 4 heterocycles. The lowest BCUT2D eigenvalue weighted by Gasteiger charge is -2.36. The number of aliphatic hydroxyl groups excluding tert-OH is 1. The zero-order valence-electron chi connectivity index (χ0n) is 19.3. The summed E-state index contributed by atoms with van der Waals surface area (Å²) in [5.41, 5.74) is 0.280. The molecule has 2 N–H and O–H groups in total. The fourth-order valence-corrected chi connectivity index (χ4v) is 6.08. The summed E-state index contributed by atoms with van der Waals surface area (Å²) in [7, 11) is 0. The molecule has 2 aromatic rings. The van der Waals surface area contributed by atoms with Gasteiger partial charge in [0.1, 0.15) is 23.8 Å². The predicted octanol–water partition coefficient (Wildman–Crippen LogP) is 0.635. The van der Waals surface area contributed by atoms with E-state index in [-0.39, 0.29) is 38.2 Å². The van der Waals surface area contributed by atoms with Gasteiger partial charge in [-0.15, -0.1) is 11.7 Å². The molecule has 3 fully saturated rings. The maximum Gasteiger partial charge on any atom is 0.310 e. The highest BCUT2D eigenvalue weighted by Crippen LogP contribution is 2.58. The van der Waals surface area contributed by atoms with Gasteiger partial charge < -0.3 is 24.7 Å². The average Bonchev–Trinajstić information content (AvgIpc) is 3.58. The van der Waals surface area contributed by atoms with E-state index in [0.29, 0.717) is 31.2 Å². The second kappa shape index (κ2) is 9.04. The Morgan fingerprint density at radius 3 is 2.86 bits per heavy atom. The van der Waals surface area contributed by atoms with Gasteiger partial charge in [-0.1, -0.05) is 23.4 Å². The molecule has 5 rings (SSSR count). The van der Waals surface area contributed by atoms with Crippen molar-refractivity contribution in [2.75, 3.05) is 19.7 Å². The second-order valence-electron chi connectivity index (χ2n) is 9.42. The minimum absolute atomic E-state index is 0.0342. The van der Waals surface area contributed by atoms with Crippen molar-refractivity contribution in [2.24, 2.45) is 11.8 Å². The van der Waals surface area contributed by atoms with Crippen LogP contribution in [-0.4, -0.2) is 90.2 Å². The van der Waals surface area contributed by atoms with E-state index in [2.05, 4.69) is 16.9 Å². The van der Waals surface area contributed by atoms with E-state index in [1.54, 1.807) is 15.7 Å². The number of hydrogen-bond acceptors (Lipinski definition) is 7. The van der Waals surface area contributed by atoms with E-state index < -0.39 is 35.6 Å². The number of rotatable bonds is 10. The fourth-order valence-electron chi connectivity index (χ4n) is 6.08. The Balaban J connectivity index is 1.50. The summed E-state index contributed by atoms with van der Waals surface area (Å²) < 4.78 is 7.85. The Morgan fingerprint density at radius 1 is 1.31 bits per heavy atom. The second-order valence-corrected chi connectivity index (χ2v) is 9.42. The van der Waals surface area contributed by atoms with Gasteiger partial charge in [-0.25, -0.2) is 4.68 Å². The first-order valence-electron chi connectivity index (χ1n) is 11.9. The summed E-state index contributed by atoms with van der Waals surface area (Å²) in [6.07, 6.45) is 2.92. The number of carboxylic acids is 1. The number of amides is 2. The van der Waals surface area contributed by atoms with Gasteiger partial charge in [0, 0.05) is 19.7 Å². The van der Waals surface area contributed by atoms with Gasteiger partial charge >= 0.3 is 5.97 Å². The molecule has 11 nitrogen and oxygen atoms in total. The van der Waals surface area contributed by atoms with Crippen LogP contribution in [0.2, 0.25) is 0 Å². The maximum atomic E-state index is 14.1. The lowest BCUT2D eigenvalue weighted by Crippen LogP contribution is -2.56. The Bertz CT molecular complexity index is 1170. The van der Waals surface area contributed by atoms with E-state index in [4.69, 9.17) is 4.74 Å². The molecular weight excluding hydrogens is 454 g/mol. The summed E-state index contributed by atoms with van der Waals surface area (Å²) in [5.74, 6) is -3.65. The van der Waals surface area contributed by atoms with E-state index in [1.165, 1.54) is 4.90 Å². The van der Waals surface area contributed by atoms with Gasteiger partial charge in [0.15, 0.2) is 0 Å². The predicted molar refractivity (Wildman–Crippen MR) is 123 cm³/mol. The molecule has 0 aliphatic carbocycles. The van der Waals surface area contributed by atoms with Crippen molar-refractivity contribution in [2.45, 2.75) is 50.1 Å². The number of aromatic nitrogens is 3. The van der Waals surface area contributed by atoms with Crippen LogP contribution in [0.25, 0.3) is 11.0 Å². The highest BCUT2D eigenvalue weighted by Gasteiger charge is 2.74. The zero-order valence-corrected chi connectivity index (χ0v) is 19.3. The Labute approximate surface area is 201 Å². The van der Waals surface area contributed by atoms with Crippen molar-refractivity contribution >= 4 is 28.8 Å². The minimum Gasteiger partial charge on any atom is -0.481 e. The molecule has 2 unspecified atom stereocenters. The molecule has 5 atom stereocenters. The number of hydrogen-bond donors (Lipinski definition) is 2. The molecule has 3 aliphatic heterocycles. The molecule has 2 amide bonds. The highest BCUT2D eigenvalue weighted by atomic mass is 16.5. The van der Waals surface area contributed by atoms with Crippen LogP contribution in [-0.2, 0) is 25.8 Å². The van der Waals surface area contributed by atoms with Gasteiger partial charge in [0.2, 0.25) is 11.8 Å². The summed E-state index contributed by atoms with van der Waals surface area (Å²) in [6, 6.07) is 6.45. The van der Waals surface area contributed by atoms with E-state index in [9.17, 15) is 24.6 Å². The number of aliphatic hydroxyl groups is 1. The van der Waals surface area contributed by atoms with Crippen molar-refractivity contribution < 1.29 is 29.3 Å². The van der Waals surface area contributed by atoms with Crippen LogP contribution in [0.1, 0.15) is 25.7 Å². The fraction of sp³-hybridized carbons (Fsp3) is 0.542. The molecule has 0 radical (unpaired) electrons. The van der Waals surface area contributed by atoms with E-state index in [1.807, 2.05) is 24.3 Å². The van der Waals surface area contributed by atoms with Gasteiger partial charge in [-0.3, -0.25) is 14.4 Å². The van der Waals surface area contributed by atoms with Gasteiger partial charge in [-0.2, -0.15) is 0 Å². The van der Waals surface area contributed by atoms with Crippen LogP contribution in [0.5, 0.6) is 0 Å². The molecule has 2 bridgehead atoms. The summed E-state index contributed by atoms with van der Waals surface area (Å²) in [6.45, 7) is 4.28. The van der Waals surface area contributed by atoms with Gasteiger partial charge in [0.05, 0.1) is 23.5 Å². The molecule has 186 valence electrons. The summed E-state index contributed by atoms with van der Waals surface area (Å²) >= 11 is 0. The molecule has 35 heavy (non-hydrogen) atoms. The third-order valence-corrected chi connectivity index (χ3v) is 7.51. The molecule has 0 saturated carbocycles. The van der Waals surface area contributed by atoms with Crippen LogP contribution in [0.4, 0.5) is 0 Å². The Morgan fingerprint density at radius 2 is 2.11 bits per heavy atom. The number of ether oxygens (including phenoxy) is 1. The lowest BCUT2D eigenvalue weighted by atomic mass is 9.70. The Hall–Kier alpha value is -3.31. The lowest BCUT2D eigenvalue weighted by molar-refractivity contribution is -0.151. The summed E-state index contributed by atoms with van der Waals surface area (Å²) in [4.78, 5) is 42.8. The number of benzene rings is 1. The van der Waals surface area contributed by atoms with Crippen LogP contribution in [0.3, 0.4) is 0 Å². The van der Waals surface area contributed by atoms with E-state index in [0.717, 1.165) is 5.52 Å². The van der Waals surface area contributed by atoms with Crippen molar-refractivity contribution in [3.8, 4) is 0 Å². The number of carboxylic acid groups (broad SMARTS) is 1. The number of likely N-dealkylation sites (tertiary alicyclic amines) is 1.